The van der Waals surface area contributed by atoms with Gasteiger partial charge in [0.05, 0.1) is 0 Å². The molecule has 19 heavy (non-hydrogen) atoms. The summed E-state index contributed by atoms with van der Waals surface area (Å²) in [6, 6.07) is 8.90. The van der Waals surface area contributed by atoms with Gasteiger partial charge in [-0.05, 0) is 43.0 Å². The third-order valence-electron chi connectivity index (χ3n) is 4.83. The lowest BCUT2D eigenvalue weighted by molar-refractivity contribution is -0.138. The zero-order chi connectivity index (χ0) is 13.4. The Labute approximate surface area is 115 Å². The second kappa shape index (κ2) is 4.97. The highest BCUT2D eigenvalue weighted by molar-refractivity contribution is 5.79. The molecule has 1 aromatic carbocycles. The summed E-state index contributed by atoms with van der Waals surface area (Å²) in [6.45, 7) is 4.06. The molecule has 3 nitrogen and oxygen atoms in total. The van der Waals surface area contributed by atoms with E-state index in [9.17, 15) is 4.79 Å². The van der Waals surface area contributed by atoms with Gasteiger partial charge in [-0.25, -0.2) is 0 Å². The predicted molar refractivity (Wildman–Crippen MR) is 75.9 cm³/mol. The maximum absolute atomic E-state index is 12.5. The lowest BCUT2D eigenvalue weighted by Gasteiger charge is -2.35. The summed E-state index contributed by atoms with van der Waals surface area (Å²) < 4.78 is 0. The highest BCUT2D eigenvalue weighted by Crippen LogP contribution is 2.27. The highest BCUT2D eigenvalue weighted by atomic mass is 16.2. The molecule has 1 aromatic rings. The molecule has 1 N–H and O–H groups in total. The lowest BCUT2D eigenvalue weighted by Crippen LogP contribution is -2.51. The summed E-state index contributed by atoms with van der Waals surface area (Å²) >= 11 is 0. The van der Waals surface area contributed by atoms with Crippen LogP contribution in [0.25, 0.3) is 0 Å². The van der Waals surface area contributed by atoms with Crippen LogP contribution in [-0.4, -0.2) is 37.0 Å². The molecule has 1 saturated heterocycles. The molecule has 1 aliphatic heterocycles. The quantitative estimate of drug-likeness (QED) is 0.890. The fraction of sp³-hybridized carbons (Fsp3) is 0.562. The standard InChI is InChI=1S/C16H22N2O/c1-11(14-9-17-10-14)16(19)18(2)15-7-12-5-3-4-6-13(12)8-15/h3-6,11,14-15,17H,7-10H2,1-2H3. The van der Waals surface area contributed by atoms with Crippen LogP contribution in [-0.2, 0) is 17.6 Å². The molecule has 2 aliphatic rings. The van der Waals surface area contributed by atoms with Gasteiger partial charge in [0.1, 0.15) is 0 Å². The monoisotopic (exact) mass is 258 g/mol. The molecule has 3 heteroatoms. The van der Waals surface area contributed by atoms with E-state index in [1.807, 2.05) is 11.9 Å². The average Bonchev–Trinajstić information content (AvgIpc) is 2.78. The maximum Gasteiger partial charge on any atom is 0.225 e. The largest absolute Gasteiger partial charge is 0.342 e. The van der Waals surface area contributed by atoms with Gasteiger partial charge in [-0.2, -0.15) is 0 Å². The van der Waals surface area contributed by atoms with Crippen molar-refractivity contribution in [1.82, 2.24) is 10.2 Å². The van der Waals surface area contributed by atoms with E-state index in [1.54, 1.807) is 0 Å². The molecule has 0 bridgehead atoms. The zero-order valence-electron chi connectivity index (χ0n) is 11.7. The van der Waals surface area contributed by atoms with E-state index in [4.69, 9.17) is 0 Å². The Balaban J connectivity index is 1.65. The number of rotatable bonds is 3. The summed E-state index contributed by atoms with van der Waals surface area (Å²) in [7, 11) is 1.97. The minimum atomic E-state index is 0.148. The Morgan fingerprint density at radius 2 is 1.84 bits per heavy atom. The van der Waals surface area contributed by atoms with Crippen molar-refractivity contribution in [3.63, 3.8) is 0 Å². The minimum Gasteiger partial charge on any atom is -0.342 e. The molecule has 1 fully saturated rings. The van der Waals surface area contributed by atoms with Crippen LogP contribution in [0.5, 0.6) is 0 Å². The summed E-state index contributed by atoms with van der Waals surface area (Å²) in [4.78, 5) is 14.5. The molecule has 102 valence electrons. The average molecular weight is 258 g/mol. The lowest BCUT2D eigenvalue weighted by atomic mass is 9.87. The van der Waals surface area contributed by atoms with Crippen molar-refractivity contribution in [1.29, 1.82) is 0 Å². The van der Waals surface area contributed by atoms with Gasteiger partial charge in [-0.15, -0.1) is 0 Å². The van der Waals surface area contributed by atoms with E-state index >= 15 is 0 Å². The van der Waals surface area contributed by atoms with Crippen LogP contribution in [0, 0.1) is 11.8 Å². The van der Waals surface area contributed by atoms with Gasteiger partial charge < -0.3 is 10.2 Å². The highest BCUT2D eigenvalue weighted by Gasteiger charge is 2.34. The molecule has 0 spiro atoms. The van der Waals surface area contributed by atoms with Crippen LogP contribution in [0.2, 0.25) is 0 Å². The van der Waals surface area contributed by atoms with E-state index in [0.29, 0.717) is 17.9 Å². The second-order valence-electron chi connectivity index (χ2n) is 5.99. The third-order valence-corrected chi connectivity index (χ3v) is 4.83. The minimum absolute atomic E-state index is 0.148. The van der Waals surface area contributed by atoms with Gasteiger partial charge in [0.15, 0.2) is 0 Å². The molecule has 3 rings (SSSR count). The summed E-state index contributed by atoms with van der Waals surface area (Å²) in [5.41, 5.74) is 2.82. The van der Waals surface area contributed by atoms with Crippen molar-refractivity contribution >= 4 is 5.91 Å². The van der Waals surface area contributed by atoms with Crippen LogP contribution >= 0.6 is 0 Å². The Kier molecular flexibility index (Phi) is 3.31. The maximum atomic E-state index is 12.5. The first kappa shape index (κ1) is 12.7. The molecule has 1 amide bonds. The number of likely N-dealkylation sites (N-methyl/N-ethyl adjacent to an activating group) is 1. The number of nitrogens with zero attached hydrogens (tertiary/aromatic N) is 1. The molecule has 1 heterocycles. The van der Waals surface area contributed by atoms with Gasteiger partial charge in [-0.1, -0.05) is 31.2 Å². The van der Waals surface area contributed by atoms with Gasteiger partial charge in [0.2, 0.25) is 5.91 Å². The number of amides is 1. The van der Waals surface area contributed by atoms with Crippen LogP contribution in [0.1, 0.15) is 18.1 Å². The zero-order valence-corrected chi connectivity index (χ0v) is 11.7. The third kappa shape index (κ3) is 2.27. The molecule has 1 unspecified atom stereocenters. The van der Waals surface area contributed by atoms with E-state index in [-0.39, 0.29) is 5.92 Å². The van der Waals surface area contributed by atoms with Crippen molar-refractivity contribution in [2.75, 3.05) is 20.1 Å². The first-order valence-corrected chi connectivity index (χ1v) is 7.21. The van der Waals surface area contributed by atoms with Crippen molar-refractivity contribution in [3.05, 3.63) is 35.4 Å². The van der Waals surface area contributed by atoms with Gasteiger partial charge in [-0.3, -0.25) is 4.79 Å². The number of hydrogen-bond donors (Lipinski definition) is 1. The van der Waals surface area contributed by atoms with Crippen molar-refractivity contribution in [2.45, 2.75) is 25.8 Å². The first-order chi connectivity index (χ1) is 9.16. The number of hydrogen-bond acceptors (Lipinski definition) is 2. The Bertz CT molecular complexity index is 456. The number of carbonyl (C=O) groups excluding carboxylic acids is 1. The van der Waals surface area contributed by atoms with Crippen LogP contribution in [0.4, 0.5) is 0 Å². The van der Waals surface area contributed by atoms with Gasteiger partial charge in [0, 0.05) is 19.0 Å². The first-order valence-electron chi connectivity index (χ1n) is 7.21. The summed E-state index contributed by atoms with van der Waals surface area (Å²) in [5, 5.41) is 3.25. The predicted octanol–water partition coefficient (Wildman–Crippen LogP) is 1.47. The topological polar surface area (TPSA) is 32.3 Å². The van der Waals surface area contributed by atoms with Gasteiger partial charge in [0.25, 0.3) is 0 Å². The van der Waals surface area contributed by atoms with Crippen LogP contribution < -0.4 is 5.32 Å². The Morgan fingerprint density at radius 3 is 2.32 bits per heavy atom. The van der Waals surface area contributed by atoms with Crippen molar-refractivity contribution in [2.24, 2.45) is 11.8 Å². The summed E-state index contributed by atoms with van der Waals surface area (Å²) in [5.74, 6) is 0.984. The summed E-state index contributed by atoms with van der Waals surface area (Å²) in [6.07, 6.45) is 2.02. The molecule has 1 aliphatic carbocycles. The number of carbonyl (C=O) groups is 1. The van der Waals surface area contributed by atoms with E-state index < -0.39 is 0 Å². The number of nitrogens with one attached hydrogen (secondary N) is 1. The van der Waals surface area contributed by atoms with Crippen LogP contribution in [0.15, 0.2) is 24.3 Å². The Morgan fingerprint density at radius 1 is 1.26 bits per heavy atom. The molecular formula is C16H22N2O. The Hall–Kier alpha value is -1.35. The second-order valence-corrected chi connectivity index (χ2v) is 5.99. The molecule has 0 aromatic heterocycles. The van der Waals surface area contributed by atoms with Crippen molar-refractivity contribution in [3.8, 4) is 0 Å². The van der Waals surface area contributed by atoms with E-state index in [1.165, 1.54) is 11.1 Å². The molecular weight excluding hydrogens is 236 g/mol. The van der Waals surface area contributed by atoms with Crippen molar-refractivity contribution < 1.29 is 4.79 Å². The SMILES string of the molecule is CC(C(=O)N(C)C1Cc2ccccc2C1)C1CNC1. The number of benzene rings is 1. The van der Waals surface area contributed by atoms with Crippen LogP contribution in [0.3, 0.4) is 0 Å². The van der Waals surface area contributed by atoms with E-state index in [2.05, 4.69) is 36.5 Å². The normalized spacial score (nSPS) is 20.7. The molecule has 0 saturated carbocycles. The molecule has 1 atom stereocenters. The van der Waals surface area contributed by atoms with E-state index in [0.717, 1.165) is 25.9 Å². The number of fused-ring (bicyclic) bond motifs is 1. The fourth-order valence-corrected chi connectivity index (χ4v) is 3.18. The smallest absolute Gasteiger partial charge is 0.225 e. The fourth-order valence-electron chi connectivity index (χ4n) is 3.18. The molecule has 0 radical (unpaired) electrons. The van der Waals surface area contributed by atoms with Gasteiger partial charge >= 0.3 is 0 Å².